The van der Waals surface area contributed by atoms with Crippen molar-refractivity contribution in [3.8, 4) is 5.75 Å². The maximum atomic E-state index is 12.5. The van der Waals surface area contributed by atoms with Gasteiger partial charge in [0.15, 0.2) is 5.75 Å². The van der Waals surface area contributed by atoms with E-state index in [0.717, 1.165) is 19.4 Å². The number of amides is 1. The van der Waals surface area contributed by atoms with E-state index in [-0.39, 0.29) is 27.9 Å². The van der Waals surface area contributed by atoms with E-state index in [1.54, 1.807) is 0 Å². The molecule has 1 aliphatic heterocycles. The summed E-state index contributed by atoms with van der Waals surface area (Å²) in [7, 11) is 0. The van der Waals surface area contributed by atoms with Crippen molar-refractivity contribution in [3.63, 3.8) is 0 Å². The lowest BCUT2D eigenvalue weighted by Gasteiger charge is -2.23. The van der Waals surface area contributed by atoms with Gasteiger partial charge in [0.25, 0.3) is 0 Å². The van der Waals surface area contributed by atoms with Crippen molar-refractivity contribution in [2.24, 2.45) is 0 Å². The third-order valence-electron chi connectivity index (χ3n) is 3.10. The molecule has 4 nitrogen and oxygen atoms in total. The average Bonchev–Trinajstić information content (AvgIpc) is 2.43. The van der Waals surface area contributed by atoms with E-state index in [4.69, 9.17) is 11.6 Å². The highest BCUT2D eigenvalue weighted by Gasteiger charge is 2.23. The second-order valence-corrected chi connectivity index (χ2v) is 5.93. The second-order valence-electron chi connectivity index (χ2n) is 4.63. The first-order valence-corrected chi connectivity index (χ1v) is 7.62. The minimum absolute atomic E-state index is 0.118. The van der Waals surface area contributed by atoms with Crippen molar-refractivity contribution in [2.45, 2.75) is 31.9 Å². The van der Waals surface area contributed by atoms with Gasteiger partial charge in [0, 0.05) is 5.02 Å². The molecule has 1 saturated heterocycles. The fourth-order valence-electron chi connectivity index (χ4n) is 2.16. The number of rotatable bonds is 4. The Labute approximate surface area is 134 Å². The smallest absolute Gasteiger partial charge is 0.387 e. The first kappa shape index (κ1) is 16.5. The van der Waals surface area contributed by atoms with E-state index in [0.29, 0.717) is 11.4 Å². The van der Waals surface area contributed by atoms with Gasteiger partial charge < -0.3 is 15.4 Å². The van der Waals surface area contributed by atoms with Gasteiger partial charge in [-0.3, -0.25) is 4.79 Å². The molecular formula is C13H14BrClF2N2O2. The lowest BCUT2D eigenvalue weighted by Crippen LogP contribution is -2.43. The molecule has 0 bridgehead atoms. The van der Waals surface area contributed by atoms with Gasteiger partial charge in [-0.15, -0.1) is 0 Å². The number of nitrogens with one attached hydrogen (secondary N) is 2. The van der Waals surface area contributed by atoms with Crippen LogP contribution in [0.15, 0.2) is 16.6 Å². The number of carbonyl (C=O) groups excluding carboxylic acids is 1. The molecule has 2 rings (SSSR count). The van der Waals surface area contributed by atoms with Crippen LogP contribution in [0.1, 0.15) is 19.3 Å². The SMILES string of the molecule is O=C(Nc1cc(Cl)cc(Br)c1OC(F)F)[C@@H]1CCCCN1. The Kier molecular flexibility index (Phi) is 5.78. The molecule has 1 heterocycles. The van der Waals surface area contributed by atoms with E-state index in [2.05, 4.69) is 31.3 Å². The standard InChI is InChI=1S/C13H14BrClF2N2O2/c14-8-5-7(15)6-10(11(8)21-13(16)17)19-12(20)9-3-1-2-4-18-9/h5-6,9,13,18H,1-4H2,(H,19,20)/t9-/m0/s1. The molecule has 1 aromatic carbocycles. The van der Waals surface area contributed by atoms with E-state index in [9.17, 15) is 13.6 Å². The highest BCUT2D eigenvalue weighted by molar-refractivity contribution is 9.10. The third kappa shape index (κ3) is 4.52. The topological polar surface area (TPSA) is 50.4 Å². The van der Waals surface area contributed by atoms with Crippen LogP contribution in [-0.2, 0) is 4.79 Å². The number of hydrogen-bond donors (Lipinski definition) is 2. The summed E-state index contributed by atoms with van der Waals surface area (Å²) in [6.07, 6.45) is 2.68. The van der Waals surface area contributed by atoms with E-state index < -0.39 is 6.61 Å². The first-order chi connectivity index (χ1) is 9.97. The number of benzene rings is 1. The van der Waals surface area contributed by atoms with E-state index in [1.165, 1.54) is 12.1 Å². The van der Waals surface area contributed by atoms with Crippen LogP contribution in [0.4, 0.5) is 14.5 Å². The summed E-state index contributed by atoms with van der Waals surface area (Å²) in [6.45, 7) is -2.23. The Hall–Kier alpha value is -0.920. The van der Waals surface area contributed by atoms with Crippen molar-refractivity contribution in [1.82, 2.24) is 5.32 Å². The summed E-state index contributed by atoms with van der Waals surface area (Å²) in [5.41, 5.74) is 0.118. The van der Waals surface area contributed by atoms with Crippen molar-refractivity contribution in [3.05, 3.63) is 21.6 Å². The molecule has 1 aliphatic rings. The fourth-order valence-corrected chi connectivity index (χ4v) is 3.06. The fraction of sp³-hybridized carbons (Fsp3) is 0.462. The summed E-state index contributed by atoms with van der Waals surface area (Å²) < 4.78 is 29.6. The lowest BCUT2D eigenvalue weighted by molar-refractivity contribution is -0.118. The van der Waals surface area contributed by atoms with Gasteiger partial charge in [-0.1, -0.05) is 18.0 Å². The molecular weight excluding hydrogens is 370 g/mol. The predicted octanol–water partition coefficient (Wildman–Crippen LogP) is 3.78. The molecule has 1 aromatic rings. The van der Waals surface area contributed by atoms with Crippen LogP contribution < -0.4 is 15.4 Å². The molecule has 0 saturated carbocycles. The summed E-state index contributed by atoms with van der Waals surface area (Å²) in [6, 6.07) is 2.47. The van der Waals surface area contributed by atoms with E-state index >= 15 is 0 Å². The van der Waals surface area contributed by atoms with Crippen molar-refractivity contribution < 1.29 is 18.3 Å². The van der Waals surface area contributed by atoms with Crippen LogP contribution in [0.25, 0.3) is 0 Å². The molecule has 0 aromatic heterocycles. The Morgan fingerprint density at radius 1 is 1.48 bits per heavy atom. The normalized spacial score (nSPS) is 18.6. The molecule has 1 amide bonds. The maximum Gasteiger partial charge on any atom is 0.387 e. The summed E-state index contributed by atoms with van der Waals surface area (Å²) in [5.74, 6) is -0.429. The molecule has 2 N–H and O–H groups in total. The third-order valence-corrected chi connectivity index (χ3v) is 3.91. The molecule has 116 valence electrons. The average molecular weight is 384 g/mol. The number of anilines is 1. The van der Waals surface area contributed by atoms with Gasteiger partial charge in [-0.05, 0) is 47.4 Å². The first-order valence-electron chi connectivity index (χ1n) is 6.45. The van der Waals surface area contributed by atoms with Gasteiger partial charge >= 0.3 is 6.61 Å². The maximum absolute atomic E-state index is 12.5. The van der Waals surface area contributed by atoms with Crippen LogP contribution >= 0.6 is 27.5 Å². The number of carbonyl (C=O) groups is 1. The van der Waals surface area contributed by atoms with Gasteiger partial charge in [-0.25, -0.2) is 0 Å². The number of piperidine rings is 1. The van der Waals surface area contributed by atoms with Crippen LogP contribution in [0, 0.1) is 0 Å². The molecule has 0 radical (unpaired) electrons. The van der Waals surface area contributed by atoms with Crippen LogP contribution in [-0.4, -0.2) is 25.1 Å². The zero-order valence-electron chi connectivity index (χ0n) is 11.0. The zero-order valence-corrected chi connectivity index (χ0v) is 13.3. The number of alkyl halides is 2. The largest absolute Gasteiger partial charge is 0.431 e. The predicted molar refractivity (Wildman–Crippen MR) is 80.1 cm³/mol. The van der Waals surface area contributed by atoms with Crippen molar-refractivity contribution in [1.29, 1.82) is 0 Å². The lowest BCUT2D eigenvalue weighted by atomic mass is 10.0. The zero-order chi connectivity index (χ0) is 15.4. The summed E-state index contributed by atoms with van der Waals surface area (Å²) in [5, 5.41) is 5.98. The Bertz CT molecular complexity index is 525. The summed E-state index contributed by atoms with van der Waals surface area (Å²) in [4.78, 5) is 12.2. The molecule has 21 heavy (non-hydrogen) atoms. The monoisotopic (exact) mass is 382 g/mol. The second kappa shape index (κ2) is 7.38. The highest BCUT2D eigenvalue weighted by atomic mass is 79.9. The quantitative estimate of drug-likeness (QED) is 0.832. The van der Waals surface area contributed by atoms with Crippen LogP contribution in [0.3, 0.4) is 0 Å². The van der Waals surface area contributed by atoms with Crippen LogP contribution in [0.5, 0.6) is 5.75 Å². The molecule has 1 atom stereocenters. The minimum Gasteiger partial charge on any atom is -0.431 e. The van der Waals surface area contributed by atoms with Gasteiger partial charge in [0.1, 0.15) is 0 Å². The molecule has 0 spiro atoms. The highest BCUT2D eigenvalue weighted by Crippen LogP contribution is 2.37. The Morgan fingerprint density at radius 2 is 2.24 bits per heavy atom. The molecule has 0 unspecified atom stereocenters. The Morgan fingerprint density at radius 3 is 2.86 bits per heavy atom. The number of halogens is 4. The molecule has 8 heteroatoms. The Balaban J connectivity index is 2.19. The van der Waals surface area contributed by atoms with Crippen molar-refractivity contribution in [2.75, 3.05) is 11.9 Å². The van der Waals surface area contributed by atoms with Gasteiger partial charge in [-0.2, -0.15) is 8.78 Å². The molecule has 0 aliphatic carbocycles. The molecule has 1 fully saturated rings. The summed E-state index contributed by atoms with van der Waals surface area (Å²) >= 11 is 8.99. The number of ether oxygens (including phenoxy) is 1. The van der Waals surface area contributed by atoms with Crippen LogP contribution in [0.2, 0.25) is 5.02 Å². The van der Waals surface area contributed by atoms with Crippen molar-refractivity contribution >= 4 is 39.1 Å². The minimum atomic E-state index is -2.99. The van der Waals surface area contributed by atoms with Gasteiger partial charge in [0.2, 0.25) is 5.91 Å². The van der Waals surface area contributed by atoms with Gasteiger partial charge in [0.05, 0.1) is 16.2 Å². The van der Waals surface area contributed by atoms with E-state index in [1.807, 2.05) is 0 Å². The number of hydrogen-bond acceptors (Lipinski definition) is 3.